The lowest BCUT2D eigenvalue weighted by Gasteiger charge is -2.48. The molecule has 2 aliphatic rings. The molecule has 0 aliphatic carbocycles. The van der Waals surface area contributed by atoms with Crippen LogP contribution in [0.25, 0.3) is 10.2 Å². The average Bonchev–Trinajstić information content (AvgIpc) is 3.31. The molecule has 3 N–H and O–H groups in total. The molecule has 0 unspecified atom stereocenters. The van der Waals surface area contributed by atoms with Crippen LogP contribution in [0.2, 0.25) is 0 Å². The highest BCUT2D eigenvalue weighted by atomic mass is 32.1. The summed E-state index contributed by atoms with van der Waals surface area (Å²) in [4.78, 5) is 60.8. The molecule has 0 bridgehead atoms. The molecular formula is C28H31F3N6O4S. The fourth-order valence-corrected chi connectivity index (χ4v) is 6.98. The Bertz CT molecular complexity index is 1590. The first-order valence-corrected chi connectivity index (χ1v) is 14.5. The van der Waals surface area contributed by atoms with Gasteiger partial charge in [0.15, 0.2) is 0 Å². The fourth-order valence-electron chi connectivity index (χ4n) is 5.87. The number of anilines is 1. The predicted octanol–water partition coefficient (Wildman–Crippen LogP) is 3.37. The minimum absolute atomic E-state index is 0.0568. The van der Waals surface area contributed by atoms with Crippen molar-refractivity contribution in [2.24, 2.45) is 5.73 Å². The van der Waals surface area contributed by atoms with E-state index in [0.717, 1.165) is 60.4 Å². The lowest BCUT2D eigenvalue weighted by atomic mass is 9.83. The lowest BCUT2D eigenvalue weighted by molar-refractivity contribution is -0.137. The molecular weight excluding hydrogens is 573 g/mol. The molecule has 0 spiro atoms. The number of rotatable bonds is 6. The van der Waals surface area contributed by atoms with E-state index in [2.05, 4.69) is 15.2 Å². The van der Waals surface area contributed by atoms with E-state index in [1.165, 1.54) is 18.5 Å². The number of primary amides is 1. The highest BCUT2D eigenvalue weighted by Gasteiger charge is 2.46. The predicted molar refractivity (Wildman–Crippen MR) is 151 cm³/mol. The number of nitrogens with zero attached hydrogens (tertiary/aromatic N) is 4. The van der Waals surface area contributed by atoms with Crippen molar-refractivity contribution in [2.75, 3.05) is 31.5 Å². The highest BCUT2D eigenvalue weighted by Crippen LogP contribution is 2.34. The summed E-state index contributed by atoms with van der Waals surface area (Å²) < 4.78 is 40.1. The van der Waals surface area contributed by atoms with E-state index in [1.807, 2.05) is 0 Å². The van der Waals surface area contributed by atoms with E-state index in [4.69, 9.17) is 5.73 Å². The monoisotopic (exact) mass is 604 g/mol. The second kappa shape index (κ2) is 11.5. The number of aromatic nitrogens is 2. The maximum absolute atomic E-state index is 13.5. The molecule has 2 aliphatic heterocycles. The summed E-state index contributed by atoms with van der Waals surface area (Å²) >= 11 is 1.08. The first-order chi connectivity index (χ1) is 19.9. The third-order valence-electron chi connectivity index (χ3n) is 8.20. The van der Waals surface area contributed by atoms with Gasteiger partial charge < -0.3 is 16.0 Å². The van der Waals surface area contributed by atoms with Gasteiger partial charge in [0.05, 0.1) is 22.2 Å². The molecule has 2 fully saturated rings. The Morgan fingerprint density at radius 1 is 1.10 bits per heavy atom. The summed E-state index contributed by atoms with van der Waals surface area (Å²) in [7, 11) is 0. The molecule has 1 aromatic carbocycles. The number of carbonyl (C=O) groups is 3. The number of aryl methyl sites for hydroxylation is 1. The fraction of sp³-hybridized carbons (Fsp3) is 0.464. The third-order valence-corrected chi connectivity index (χ3v) is 9.38. The number of nitrogens with one attached hydrogen (secondary N) is 1. The maximum atomic E-state index is 13.5. The number of benzene rings is 1. The van der Waals surface area contributed by atoms with Crippen molar-refractivity contribution in [3.05, 3.63) is 57.0 Å². The molecule has 0 atom stereocenters. The molecule has 10 nitrogen and oxygen atoms in total. The van der Waals surface area contributed by atoms with Crippen LogP contribution in [-0.4, -0.2) is 68.8 Å². The molecule has 42 heavy (non-hydrogen) atoms. The van der Waals surface area contributed by atoms with Crippen LogP contribution in [0, 0.1) is 6.92 Å². The molecule has 0 radical (unpaired) electrons. The zero-order valence-corrected chi connectivity index (χ0v) is 23.8. The molecule has 3 amide bonds. The van der Waals surface area contributed by atoms with E-state index < -0.39 is 35.3 Å². The quantitative estimate of drug-likeness (QED) is 0.444. The number of carbonyl (C=O) groups excluding carboxylic acids is 3. The van der Waals surface area contributed by atoms with E-state index in [-0.39, 0.29) is 22.9 Å². The van der Waals surface area contributed by atoms with Crippen LogP contribution in [-0.2, 0) is 22.3 Å². The summed E-state index contributed by atoms with van der Waals surface area (Å²) in [5.41, 5.74) is 4.04. The van der Waals surface area contributed by atoms with Gasteiger partial charge in [0.1, 0.15) is 16.9 Å². The number of alkyl halides is 3. The van der Waals surface area contributed by atoms with Crippen molar-refractivity contribution in [3.63, 3.8) is 0 Å². The second-order valence-electron chi connectivity index (χ2n) is 10.8. The number of fused-ring (bicyclic) bond motifs is 1. The summed E-state index contributed by atoms with van der Waals surface area (Å²) in [5.74, 6) is -1.33. The van der Waals surface area contributed by atoms with E-state index in [9.17, 15) is 32.3 Å². The Balaban J connectivity index is 1.31. The minimum atomic E-state index is -4.56. The molecule has 2 aromatic heterocycles. The van der Waals surface area contributed by atoms with Gasteiger partial charge in [-0.2, -0.15) is 13.2 Å². The van der Waals surface area contributed by atoms with Crippen LogP contribution in [0.5, 0.6) is 0 Å². The Hall–Kier alpha value is -3.78. The van der Waals surface area contributed by atoms with E-state index in [1.54, 1.807) is 11.8 Å². The lowest BCUT2D eigenvalue weighted by Crippen LogP contribution is -2.63. The molecule has 14 heteroatoms. The molecule has 5 rings (SSSR count). The molecule has 4 heterocycles. The SMILES string of the molecule is Cc1c(C(=O)N2CCC(C(N)=O)(N3CCCCC3)CC2)sc2ncn(CC(=O)Nc3cccc(C(F)(F)F)c3)c(=O)c12. The molecule has 0 saturated carbocycles. The van der Waals surface area contributed by atoms with Crippen LogP contribution < -0.4 is 16.6 Å². The van der Waals surface area contributed by atoms with Gasteiger partial charge in [-0.1, -0.05) is 12.5 Å². The normalized spacial score (nSPS) is 17.8. The summed E-state index contributed by atoms with van der Waals surface area (Å²) in [6.07, 6.45) is 0.629. The van der Waals surface area contributed by atoms with Crippen LogP contribution >= 0.6 is 11.3 Å². The van der Waals surface area contributed by atoms with Crippen molar-refractivity contribution in [1.82, 2.24) is 19.4 Å². The number of hydrogen-bond acceptors (Lipinski definition) is 7. The Morgan fingerprint density at radius 2 is 1.79 bits per heavy atom. The van der Waals surface area contributed by atoms with Crippen molar-refractivity contribution >= 4 is 45.0 Å². The summed E-state index contributed by atoms with van der Waals surface area (Å²) in [6, 6.07) is 4.20. The van der Waals surface area contributed by atoms with Gasteiger partial charge in [-0.25, -0.2) is 4.98 Å². The van der Waals surface area contributed by atoms with Gasteiger partial charge in [-0.05, 0) is 69.5 Å². The van der Waals surface area contributed by atoms with E-state index in [0.29, 0.717) is 41.2 Å². The van der Waals surface area contributed by atoms with Gasteiger partial charge in [0.25, 0.3) is 11.5 Å². The second-order valence-corrected chi connectivity index (χ2v) is 11.8. The van der Waals surface area contributed by atoms with E-state index >= 15 is 0 Å². The van der Waals surface area contributed by atoms with Gasteiger partial charge in [-0.3, -0.25) is 28.6 Å². The van der Waals surface area contributed by atoms with Gasteiger partial charge >= 0.3 is 6.18 Å². The Labute approximate surface area is 243 Å². The van der Waals surface area contributed by atoms with Crippen LogP contribution in [0.15, 0.2) is 35.4 Å². The number of nitrogens with two attached hydrogens (primary N) is 1. The molecule has 3 aromatic rings. The number of hydrogen-bond donors (Lipinski definition) is 2. The third kappa shape index (κ3) is 5.64. The largest absolute Gasteiger partial charge is 0.416 e. The Morgan fingerprint density at radius 3 is 2.43 bits per heavy atom. The highest BCUT2D eigenvalue weighted by molar-refractivity contribution is 7.20. The average molecular weight is 605 g/mol. The topological polar surface area (TPSA) is 131 Å². The summed E-state index contributed by atoms with van der Waals surface area (Å²) in [5, 5.41) is 2.58. The van der Waals surface area contributed by atoms with Gasteiger partial charge in [-0.15, -0.1) is 11.3 Å². The minimum Gasteiger partial charge on any atom is -0.368 e. The zero-order chi connectivity index (χ0) is 30.2. The molecule has 224 valence electrons. The van der Waals surface area contributed by atoms with Crippen molar-refractivity contribution in [3.8, 4) is 0 Å². The van der Waals surface area contributed by atoms with Gasteiger partial charge in [0.2, 0.25) is 11.8 Å². The standard InChI is InChI=1S/C28H31F3N6O4S/c1-17-21-23(33-16-36(24(21)39)15-20(38)34-19-7-5-6-18(14-19)28(29,30)31)42-22(17)25(40)35-12-8-27(9-13-35,26(32)41)37-10-3-2-4-11-37/h5-7,14,16H,2-4,8-13,15H2,1H3,(H2,32,41)(H,34,38). The smallest absolute Gasteiger partial charge is 0.368 e. The number of thiophene rings is 1. The van der Waals surface area contributed by atoms with Crippen molar-refractivity contribution in [1.29, 1.82) is 0 Å². The number of likely N-dealkylation sites (tertiary alicyclic amines) is 2. The molecule has 2 saturated heterocycles. The van der Waals surface area contributed by atoms with Crippen molar-refractivity contribution < 1.29 is 27.6 Å². The zero-order valence-electron chi connectivity index (χ0n) is 23.0. The maximum Gasteiger partial charge on any atom is 0.416 e. The first-order valence-electron chi connectivity index (χ1n) is 13.7. The first kappa shape index (κ1) is 29.7. The van der Waals surface area contributed by atoms with Crippen LogP contribution in [0.1, 0.15) is 52.9 Å². The number of halogens is 3. The van der Waals surface area contributed by atoms with Crippen molar-refractivity contribution in [2.45, 2.75) is 57.3 Å². The Kier molecular flexibility index (Phi) is 8.12. The summed E-state index contributed by atoms with van der Waals surface area (Å²) in [6.45, 7) is 3.48. The van der Waals surface area contributed by atoms with Crippen LogP contribution in [0.4, 0.5) is 18.9 Å². The number of amides is 3. The number of piperidine rings is 2. The van der Waals surface area contributed by atoms with Crippen LogP contribution in [0.3, 0.4) is 0 Å². The van der Waals surface area contributed by atoms with Gasteiger partial charge in [0, 0.05) is 18.8 Å².